The van der Waals surface area contributed by atoms with Crippen LogP contribution >= 0.6 is 11.6 Å². The number of aliphatic imine (C=N–C) groups is 1. The molecule has 0 radical (unpaired) electrons. The summed E-state index contributed by atoms with van der Waals surface area (Å²) in [5.41, 5.74) is 3.87. The summed E-state index contributed by atoms with van der Waals surface area (Å²) < 4.78 is 34.5. The molecule has 0 amide bonds. The van der Waals surface area contributed by atoms with Crippen LogP contribution in [0.2, 0.25) is 5.02 Å². The van der Waals surface area contributed by atoms with E-state index in [1.54, 1.807) is 22.5 Å². The maximum absolute atomic E-state index is 13.3. The summed E-state index contributed by atoms with van der Waals surface area (Å²) in [6.45, 7) is 7.35. The van der Waals surface area contributed by atoms with Crippen LogP contribution in [0.25, 0.3) is 0 Å². The molecular formula is C26H26ClN3O3S. The van der Waals surface area contributed by atoms with Gasteiger partial charge in [0, 0.05) is 30.7 Å². The first-order valence-corrected chi connectivity index (χ1v) is 13.0. The Bertz CT molecular complexity index is 1400. The molecule has 0 N–H and O–H groups in total. The van der Waals surface area contributed by atoms with E-state index in [0.29, 0.717) is 24.7 Å². The second kappa shape index (κ2) is 8.73. The number of halogens is 1. The van der Waals surface area contributed by atoms with Gasteiger partial charge in [0.05, 0.1) is 10.5 Å². The Morgan fingerprint density at radius 2 is 1.74 bits per heavy atom. The molecule has 2 heterocycles. The van der Waals surface area contributed by atoms with Crippen molar-refractivity contribution < 1.29 is 13.2 Å². The van der Waals surface area contributed by atoms with Crippen molar-refractivity contribution in [1.82, 2.24) is 9.21 Å². The average Bonchev–Trinajstić information content (AvgIpc) is 2.95. The molecule has 0 aromatic heterocycles. The zero-order chi connectivity index (χ0) is 24.0. The molecule has 6 nitrogen and oxygen atoms in total. The molecule has 0 saturated carbocycles. The molecule has 2 aliphatic rings. The summed E-state index contributed by atoms with van der Waals surface area (Å²) in [6, 6.07) is 18.2. The topological polar surface area (TPSA) is 62.2 Å². The van der Waals surface area contributed by atoms with Gasteiger partial charge in [-0.2, -0.15) is 4.31 Å². The minimum absolute atomic E-state index is 0.214. The number of ether oxygens (including phenoxy) is 1. The lowest BCUT2D eigenvalue weighted by atomic mass is 10.1. The molecule has 1 saturated heterocycles. The Kier molecular flexibility index (Phi) is 5.88. The molecule has 8 heteroatoms. The number of hydrogen-bond donors (Lipinski definition) is 0. The van der Waals surface area contributed by atoms with Gasteiger partial charge in [0.1, 0.15) is 17.3 Å². The molecule has 2 aliphatic heterocycles. The van der Waals surface area contributed by atoms with Gasteiger partial charge in [0.15, 0.2) is 5.75 Å². The van der Waals surface area contributed by atoms with Gasteiger partial charge in [-0.05, 0) is 68.8 Å². The van der Waals surface area contributed by atoms with Crippen molar-refractivity contribution in [2.75, 3.05) is 19.6 Å². The first-order chi connectivity index (χ1) is 16.2. The minimum atomic E-state index is -3.66. The normalized spacial score (nSPS) is 18.4. The lowest BCUT2D eigenvalue weighted by Crippen LogP contribution is -2.55. The summed E-state index contributed by atoms with van der Waals surface area (Å²) in [4.78, 5) is 7.38. The summed E-state index contributed by atoms with van der Waals surface area (Å²) in [5.74, 6) is 2.26. The number of hydrogen-bond acceptors (Lipinski definition) is 5. The van der Waals surface area contributed by atoms with Gasteiger partial charge in [-0.15, -0.1) is 0 Å². The first-order valence-electron chi connectivity index (χ1n) is 11.2. The second-order valence-electron chi connectivity index (χ2n) is 8.88. The van der Waals surface area contributed by atoms with Gasteiger partial charge in [0.25, 0.3) is 0 Å². The van der Waals surface area contributed by atoms with Gasteiger partial charge in [0.2, 0.25) is 10.0 Å². The summed E-state index contributed by atoms with van der Waals surface area (Å²) in [5, 5.41) is 0.404. The monoisotopic (exact) mass is 495 g/mol. The van der Waals surface area contributed by atoms with E-state index in [2.05, 4.69) is 11.0 Å². The predicted molar refractivity (Wildman–Crippen MR) is 135 cm³/mol. The van der Waals surface area contributed by atoms with E-state index in [4.69, 9.17) is 21.3 Å². The van der Waals surface area contributed by atoms with Gasteiger partial charge in [-0.1, -0.05) is 35.4 Å². The third kappa shape index (κ3) is 4.19. The molecule has 0 aliphatic carbocycles. The molecule has 1 fully saturated rings. The smallest absolute Gasteiger partial charge is 0.243 e. The molecule has 1 atom stereocenters. The average molecular weight is 496 g/mol. The molecule has 0 bridgehead atoms. The summed E-state index contributed by atoms with van der Waals surface area (Å²) >= 11 is 6.06. The van der Waals surface area contributed by atoms with E-state index in [9.17, 15) is 8.42 Å². The zero-order valence-electron chi connectivity index (χ0n) is 19.3. The lowest BCUT2D eigenvalue weighted by molar-refractivity contribution is 0.206. The highest BCUT2D eigenvalue weighted by Gasteiger charge is 2.36. The number of piperazine rings is 1. The second-order valence-corrected chi connectivity index (χ2v) is 11.2. The van der Waals surface area contributed by atoms with Crippen LogP contribution in [-0.2, 0) is 10.0 Å². The number of benzene rings is 3. The first kappa shape index (κ1) is 22.9. The van der Waals surface area contributed by atoms with E-state index in [-0.39, 0.29) is 10.9 Å². The van der Waals surface area contributed by atoms with E-state index in [1.807, 2.05) is 51.1 Å². The standard InChI is InChI=1S/C26H26ClN3O3S/c1-17-8-10-24-22(13-17)26(28-23-9-7-18(2)14-25(23)33-24)29-11-12-30(19(3)16-29)34(31,32)21-6-4-5-20(27)15-21/h4-10,13-15,19H,11-12,16H2,1-3H3. The van der Waals surface area contributed by atoms with Crippen molar-refractivity contribution in [3.8, 4) is 11.5 Å². The molecule has 3 aromatic carbocycles. The van der Waals surface area contributed by atoms with Crippen LogP contribution in [0.5, 0.6) is 11.5 Å². The Hall–Kier alpha value is -2.87. The number of aryl methyl sites for hydroxylation is 2. The molecule has 34 heavy (non-hydrogen) atoms. The SMILES string of the molecule is Cc1ccc2c(c1)Oc1ccc(C)cc1C(N1CCN(S(=O)(=O)c3cccc(Cl)c3)C(C)C1)=N2. The van der Waals surface area contributed by atoms with Crippen molar-refractivity contribution >= 4 is 33.1 Å². The number of nitrogens with zero attached hydrogens (tertiary/aromatic N) is 3. The Balaban J connectivity index is 1.50. The van der Waals surface area contributed by atoms with Crippen molar-refractivity contribution in [1.29, 1.82) is 0 Å². The fourth-order valence-electron chi connectivity index (χ4n) is 4.49. The van der Waals surface area contributed by atoms with Crippen molar-refractivity contribution in [2.24, 2.45) is 4.99 Å². The van der Waals surface area contributed by atoms with Crippen LogP contribution in [0.1, 0.15) is 23.6 Å². The van der Waals surface area contributed by atoms with Crippen LogP contribution < -0.4 is 4.74 Å². The van der Waals surface area contributed by atoms with Gasteiger partial charge >= 0.3 is 0 Å². The van der Waals surface area contributed by atoms with Gasteiger partial charge in [-0.25, -0.2) is 13.4 Å². The fraction of sp³-hybridized carbons (Fsp3) is 0.269. The summed E-state index contributed by atoms with van der Waals surface area (Å²) in [6.07, 6.45) is 0. The van der Waals surface area contributed by atoms with Gasteiger partial charge in [-0.3, -0.25) is 0 Å². The van der Waals surface area contributed by atoms with Crippen LogP contribution in [0.4, 0.5) is 5.69 Å². The third-order valence-corrected chi connectivity index (χ3v) is 8.45. The molecule has 176 valence electrons. The molecular weight excluding hydrogens is 470 g/mol. The van der Waals surface area contributed by atoms with E-state index >= 15 is 0 Å². The minimum Gasteiger partial charge on any atom is -0.454 e. The Morgan fingerprint density at radius 1 is 0.971 bits per heavy atom. The Morgan fingerprint density at radius 3 is 2.50 bits per heavy atom. The highest BCUT2D eigenvalue weighted by atomic mass is 35.5. The zero-order valence-corrected chi connectivity index (χ0v) is 20.9. The third-order valence-electron chi connectivity index (χ3n) is 6.21. The molecule has 1 unspecified atom stereocenters. The largest absolute Gasteiger partial charge is 0.454 e. The number of amidine groups is 1. The number of sulfonamides is 1. The quantitative estimate of drug-likeness (QED) is 0.468. The highest BCUT2D eigenvalue weighted by Crippen LogP contribution is 2.39. The van der Waals surface area contributed by atoms with Crippen LogP contribution in [-0.4, -0.2) is 49.1 Å². The number of rotatable bonds is 2. The summed E-state index contributed by atoms with van der Waals surface area (Å²) in [7, 11) is -3.66. The van der Waals surface area contributed by atoms with Crippen molar-refractivity contribution in [3.05, 3.63) is 82.4 Å². The van der Waals surface area contributed by atoms with Crippen LogP contribution in [0.15, 0.2) is 70.6 Å². The van der Waals surface area contributed by atoms with Crippen LogP contribution in [0, 0.1) is 13.8 Å². The molecule has 0 spiro atoms. The van der Waals surface area contributed by atoms with E-state index in [0.717, 1.165) is 39.7 Å². The lowest BCUT2D eigenvalue weighted by Gasteiger charge is -2.40. The van der Waals surface area contributed by atoms with Crippen molar-refractivity contribution in [3.63, 3.8) is 0 Å². The fourth-order valence-corrected chi connectivity index (χ4v) is 6.40. The van der Waals surface area contributed by atoms with E-state index in [1.165, 1.54) is 6.07 Å². The van der Waals surface area contributed by atoms with Crippen LogP contribution in [0.3, 0.4) is 0 Å². The Labute approximate surface area is 205 Å². The highest BCUT2D eigenvalue weighted by molar-refractivity contribution is 7.89. The number of fused-ring (bicyclic) bond motifs is 2. The van der Waals surface area contributed by atoms with E-state index < -0.39 is 10.0 Å². The maximum Gasteiger partial charge on any atom is 0.243 e. The molecule has 5 rings (SSSR count). The molecule has 3 aromatic rings. The van der Waals surface area contributed by atoms with Gasteiger partial charge < -0.3 is 9.64 Å². The predicted octanol–water partition coefficient (Wildman–Crippen LogP) is 5.54. The van der Waals surface area contributed by atoms with Crippen molar-refractivity contribution in [2.45, 2.75) is 31.7 Å². The maximum atomic E-state index is 13.3.